The molecule has 0 atom stereocenters. The molecular weight excluding hydrogens is 190 g/mol. The second kappa shape index (κ2) is 9.13. The fraction of sp³-hybridized carbons (Fsp3) is 1.00. The van der Waals surface area contributed by atoms with Crippen molar-refractivity contribution in [2.24, 2.45) is 0 Å². The Hall–Kier alpha value is -0.120. The first-order valence-electron chi connectivity index (χ1n) is 6.13. The number of unbranched alkanes of at least 4 members (excludes halogenated alkanes) is 4. The number of aliphatic hydroxyl groups is 1. The molecule has 0 unspecified atom stereocenters. The van der Waals surface area contributed by atoms with E-state index in [9.17, 15) is 0 Å². The summed E-state index contributed by atoms with van der Waals surface area (Å²) in [5.41, 5.74) is 0. The summed E-state index contributed by atoms with van der Waals surface area (Å²) in [5, 5.41) is 8.40. The van der Waals surface area contributed by atoms with Crippen molar-refractivity contribution < 1.29 is 14.3 Å². The summed E-state index contributed by atoms with van der Waals surface area (Å²) in [6.07, 6.45) is 6.23. The Balaban J connectivity index is 3.11. The van der Waals surface area contributed by atoms with E-state index in [4.69, 9.17) is 9.84 Å². The largest absolute Gasteiger partial charge is 0.371 e. The highest BCUT2D eigenvalue weighted by Gasteiger charge is 2.09. The lowest BCUT2D eigenvalue weighted by molar-refractivity contribution is -0.888. The van der Waals surface area contributed by atoms with Gasteiger partial charge in [-0.2, -0.15) is 0 Å². The maximum absolute atomic E-state index is 8.40. The smallest absolute Gasteiger partial charge is 0.143 e. The van der Waals surface area contributed by atoms with Crippen LogP contribution in [0, 0.1) is 0 Å². The van der Waals surface area contributed by atoms with Crippen molar-refractivity contribution in [3.05, 3.63) is 0 Å². The normalized spacial score (nSPS) is 12.0. The third-order valence-electron chi connectivity index (χ3n) is 3.00. The van der Waals surface area contributed by atoms with E-state index in [2.05, 4.69) is 21.0 Å². The van der Waals surface area contributed by atoms with Crippen molar-refractivity contribution in [1.29, 1.82) is 0 Å². The molecule has 3 heteroatoms. The highest BCUT2D eigenvalue weighted by molar-refractivity contribution is 4.44. The van der Waals surface area contributed by atoms with Crippen LogP contribution in [-0.2, 0) is 4.74 Å². The quantitative estimate of drug-likeness (QED) is 0.345. The van der Waals surface area contributed by atoms with Gasteiger partial charge in [0.05, 0.1) is 27.2 Å². The molecule has 0 heterocycles. The monoisotopic (exact) mass is 218 g/mol. The first kappa shape index (κ1) is 14.9. The molecule has 0 aliphatic heterocycles. The van der Waals surface area contributed by atoms with E-state index in [0.717, 1.165) is 10.9 Å². The molecule has 0 aromatic heterocycles. The minimum Gasteiger partial charge on any atom is -0.371 e. The second-order valence-corrected chi connectivity index (χ2v) is 4.78. The van der Waals surface area contributed by atoms with Gasteiger partial charge in [-0.15, -0.1) is 0 Å². The molecule has 0 aliphatic carbocycles. The summed E-state index contributed by atoms with van der Waals surface area (Å²) in [6.45, 7) is 5.30. The summed E-state index contributed by atoms with van der Waals surface area (Å²) in [7, 11) is 4.57. The maximum atomic E-state index is 8.40. The standard InChI is InChI=1S/C12H28NO2/c1-4-13(2,3)10-8-6-5-7-9-11-15-12-14/h14H,4-12H2,1-3H3/q+1. The Morgan fingerprint density at radius 3 is 2.20 bits per heavy atom. The Bertz CT molecular complexity index is 138. The van der Waals surface area contributed by atoms with Crippen LogP contribution in [0.15, 0.2) is 0 Å². The third kappa shape index (κ3) is 10.2. The van der Waals surface area contributed by atoms with Crippen molar-refractivity contribution in [3.8, 4) is 0 Å². The summed E-state index contributed by atoms with van der Waals surface area (Å²) in [4.78, 5) is 0. The molecule has 0 bridgehead atoms. The van der Waals surface area contributed by atoms with Crippen LogP contribution >= 0.6 is 0 Å². The lowest BCUT2D eigenvalue weighted by atomic mass is 10.1. The highest BCUT2D eigenvalue weighted by Crippen LogP contribution is 2.06. The van der Waals surface area contributed by atoms with Crippen LogP contribution < -0.4 is 0 Å². The number of nitrogens with zero attached hydrogens (tertiary/aromatic N) is 1. The summed E-state index contributed by atoms with van der Waals surface area (Å²) >= 11 is 0. The van der Waals surface area contributed by atoms with Crippen molar-refractivity contribution in [1.82, 2.24) is 0 Å². The van der Waals surface area contributed by atoms with Crippen LogP contribution in [0.5, 0.6) is 0 Å². The average molecular weight is 218 g/mol. The van der Waals surface area contributed by atoms with Gasteiger partial charge in [0.1, 0.15) is 6.79 Å². The van der Waals surface area contributed by atoms with E-state index in [1.54, 1.807) is 0 Å². The van der Waals surface area contributed by atoms with Crippen LogP contribution in [0.2, 0.25) is 0 Å². The fourth-order valence-electron chi connectivity index (χ4n) is 1.50. The third-order valence-corrected chi connectivity index (χ3v) is 3.00. The Kier molecular flexibility index (Phi) is 9.06. The molecule has 0 saturated carbocycles. The lowest BCUT2D eigenvalue weighted by Gasteiger charge is -2.28. The molecule has 0 aromatic carbocycles. The number of rotatable bonds is 10. The van der Waals surface area contributed by atoms with Crippen molar-refractivity contribution in [2.45, 2.75) is 39.0 Å². The van der Waals surface area contributed by atoms with Crippen LogP contribution in [0.4, 0.5) is 0 Å². The number of ether oxygens (including phenoxy) is 1. The highest BCUT2D eigenvalue weighted by atomic mass is 16.6. The average Bonchev–Trinajstić information content (AvgIpc) is 2.22. The molecule has 0 radical (unpaired) electrons. The molecule has 0 fully saturated rings. The molecule has 92 valence electrons. The Morgan fingerprint density at radius 1 is 1.00 bits per heavy atom. The molecule has 0 aromatic rings. The van der Waals surface area contributed by atoms with Crippen LogP contribution in [0.3, 0.4) is 0 Å². The Labute approximate surface area is 94.6 Å². The zero-order valence-electron chi connectivity index (χ0n) is 10.7. The fourth-order valence-corrected chi connectivity index (χ4v) is 1.50. The summed E-state index contributed by atoms with van der Waals surface area (Å²) in [6, 6.07) is 0. The van der Waals surface area contributed by atoms with E-state index in [-0.39, 0.29) is 6.79 Å². The number of hydrogen-bond donors (Lipinski definition) is 1. The molecule has 0 amide bonds. The van der Waals surface area contributed by atoms with E-state index in [1.165, 1.54) is 38.8 Å². The van der Waals surface area contributed by atoms with Gasteiger partial charge >= 0.3 is 0 Å². The van der Waals surface area contributed by atoms with Gasteiger partial charge in [0.2, 0.25) is 0 Å². The van der Waals surface area contributed by atoms with Gasteiger partial charge < -0.3 is 14.3 Å². The minimum absolute atomic E-state index is 0.137. The van der Waals surface area contributed by atoms with E-state index in [1.807, 2.05) is 0 Å². The van der Waals surface area contributed by atoms with Gasteiger partial charge in [0.25, 0.3) is 0 Å². The summed E-state index contributed by atoms with van der Waals surface area (Å²) < 4.78 is 6.00. The first-order chi connectivity index (χ1) is 7.12. The topological polar surface area (TPSA) is 29.5 Å². The predicted molar refractivity (Wildman–Crippen MR) is 63.6 cm³/mol. The van der Waals surface area contributed by atoms with E-state index < -0.39 is 0 Å². The first-order valence-corrected chi connectivity index (χ1v) is 6.13. The van der Waals surface area contributed by atoms with Crippen LogP contribution in [0.25, 0.3) is 0 Å². The van der Waals surface area contributed by atoms with Gasteiger partial charge in [-0.05, 0) is 26.2 Å². The molecule has 0 spiro atoms. The Morgan fingerprint density at radius 2 is 1.60 bits per heavy atom. The van der Waals surface area contributed by atoms with Gasteiger partial charge in [-0.1, -0.05) is 12.8 Å². The zero-order chi connectivity index (χ0) is 11.6. The van der Waals surface area contributed by atoms with Crippen molar-refractivity contribution in [2.75, 3.05) is 40.6 Å². The van der Waals surface area contributed by atoms with Gasteiger partial charge in [0.15, 0.2) is 0 Å². The molecule has 0 aliphatic rings. The van der Waals surface area contributed by atoms with E-state index in [0.29, 0.717) is 6.61 Å². The molecule has 3 nitrogen and oxygen atoms in total. The number of quaternary nitrogens is 1. The number of aliphatic hydroxyl groups excluding tert-OH is 1. The van der Waals surface area contributed by atoms with E-state index >= 15 is 0 Å². The van der Waals surface area contributed by atoms with Crippen molar-refractivity contribution in [3.63, 3.8) is 0 Å². The lowest BCUT2D eigenvalue weighted by Crippen LogP contribution is -2.39. The minimum atomic E-state index is -0.137. The molecular formula is C12H28NO2+. The van der Waals surface area contributed by atoms with Crippen molar-refractivity contribution >= 4 is 0 Å². The molecule has 1 N–H and O–H groups in total. The summed E-state index contributed by atoms with van der Waals surface area (Å²) in [5.74, 6) is 0. The van der Waals surface area contributed by atoms with Gasteiger partial charge in [-0.25, -0.2) is 0 Å². The van der Waals surface area contributed by atoms with Crippen LogP contribution in [0.1, 0.15) is 39.0 Å². The van der Waals surface area contributed by atoms with Gasteiger partial charge in [-0.3, -0.25) is 0 Å². The molecule has 15 heavy (non-hydrogen) atoms. The molecule has 0 rings (SSSR count). The van der Waals surface area contributed by atoms with Crippen LogP contribution in [-0.4, -0.2) is 50.2 Å². The second-order valence-electron chi connectivity index (χ2n) is 4.78. The van der Waals surface area contributed by atoms with Gasteiger partial charge in [0, 0.05) is 6.61 Å². The predicted octanol–water partition coefficient (Wildman–Crippen LogP) is 2.00. The maximum Gasteiger partial charge on any atom is 0.143 e. The number of hydrogen-bond acceptors (Lipinski definition) is 2. The molecule has 0 saturated heterocycles. The zero-order valence-corrected chi connectivity index (χ0v) is 10.7. The SMILES string of the molecule is CC[N+](C)(C)CCCCCCCOCO.